The summed E-state index contributed by atoms with van der Waals surface area (Å²) in [6.07, 6.45) is 0. The van der Waals surface area contributed by atoms with Gasteiger partial charge in [-0.3, -0.25) is 0 Å². The van der Waals surface area contributed by atoms with Crippen LogP contribution in [0.25, 0.3) is 20.8 Å². The molecule has 2 nitrogen and oxygen atoms in total. The molecule has 0 unspecified atom stereocenters. The lowest BCUT2D eigenvalue weighted by atomic mass is 10.2. The summed E-state index contributed by atoms with van der Waals surface area (Å²) in [4.78, 5) is 4.78. The van der Waals surface area contributed by atoms with Crippen LogP contribution in [0.3, 0.4) is 0 Å². The van der Waals surface area contributed by atoms with E-state index >= 15 is 0 Å². The van der Waals surface area contributed by atoms with Crippen molar-refractivity contribution in [1.29, 1.82) is 0 Å². The SMILES string of the molecule is O=P(c1ccccc1)(c1ccccc1)c1cccc(-c2nc3ccccc3s2)c1. The second-order valence-corrected chi connectivity index (χ2v) is 10.6. The molecule has 0 radical (unpaired) electrons. The molecule has 5 rings (SSSR count). The Balaban J connectivity index is 1.70. The average Bonchev–Trinajstić information content (AvgIpc) is 3.24. The number of nitrogens with zero attached hydrogens (tertiary/aromatic N) is 1. The van der Waals surface area contributed by atoms with Crippen LogP contribution in [0.5, 0.6) is 0 Å². The molecule has 1 heterocycles. The van der Waals surface area contributed by atoms with Gasteiger partial charge in [-0.2, -0.15) is 0 Å². The molecule has 0 bridgehead atoms. The highest BCUT2D eigenvalue weighted by Gasteiger charge is 2.29. The van der Waals surface area contributed by atoms with Gasteiger partial charge in [0.1, 0.15) is 5.01 Å². The monoisotopic (exact) mass is 411 g/mol. The third-order valence-corrected chi connectivity index (χ3v) is 9.13. The van der Waals surface area contributed by atoms with Gasteiger partial charge in [0.25, 0.3) is 0 Å². The van der Waals surface area contributed by atoms with Gasteiger partial charge in [0.05, 0.1) is 10.2 Å². The predicted molar refractivity (Wildman–Crippen MR) is 124 cm³/mol. The lowest BCUT2D eigenvalue weighted by Gasteiger charge is -2.20. The average molecular weight is 411 g/mol. The van der Waals surface area contributed by atoms with Crippen LogP contribution in [0.2, 0.25) is 0 Å². The number of para-hydroxylation sites is 1. The molecular weight excluding hydrogens is 393 g/mol. The van der Waals surface area contributed by atoms with Crippen LogP contribution >= 0.6 is 18.5 Å². The van der Waals surface area contributed by atoms with E-state index in [-0.39, 0.29) is 0 Å². The van der Waals surface area contributed by atoms with Crippen LogP contribution in [0.4, 0.5) is 0 Å². The molecule has 140 valence electrons. The summed E-state index contributed by atoms with van der Waals surface area (Å²) in [5.41, 5.74) is 1.99. The number of hydrogen-bond donors (Lipinski definition) is 0. The molecule has 5 aromatic rings. The summed E-state index contributed by atoms with van der Waals surface area (Å²) in [7, 11) is -2.98. The normalized spacial score (nSPS) is 11.6. The topological polar surface area (TPSA) is 30.0 Å². The fourth-order valence-electron chi connectivity index (χ4n) is 3.55. The van der Waals surface area contributed by atoms with Crippen molar-refractivity contribution < 1.29 is 4.57 Å². The molecule has 4 aromatic carbocycles. The van der Waals surface area contributed by atoms with E-state index in [1.807, 2.05) is 103 Å². The second kappa shape index (κ2) is 7.44. The summed E-state index contributed by atoms with van der Waals surface area (Å²) in [6, 6.07) is 35.7. The Morgan fingerprint density at radius 2 is 1.21 bits per heavy atom. The number of thiazole rings is 1. The van der Waals surface area contributed by atoms with Crippen molar-refractivity contribution in [2.75, 3.05) is 0 Å². The first kappa shape index (κ1) is 18.1. The molecule has 0 atom stereocenters. The van der Waals surface area contributed by atoms with E-state index in [0.29, 0.717) is 0 Å². The first-order chi connectivity index (χ1) is 14.2. The lowest BCUT2D eigenvalue weighted by Crippen LogP contribution is -2.25. The quantitative estimate of drug-likeness (QED) is 0.360. The first-order valence-electron chi connectivity index (χ1n) is 9.43. The van der Waals surface area contributed by atoms with Crippen LogP contribution in [0, 0.1) is 0 Å². The zero-order valence-corrected chi connectivity index (χ0v) is 17.3. The van der Waals surface area contributed by atoms with Crippen LogP contribution in [-0.2, 0) is 4.57 Å². The van der Waals surface area contributed by atoms with Gasteiger partial charge in [0, 0.05) is 21.5 Å². The van der Waals surface area contributed by atoms with Crippen molar-refractivity contribution >= 4 is 44.6 Å². The molecule has 0 aliphatic carbocycles. The van der Waals surface area contributed by atoms with Gasteiger partial charge >= 0.3 is 0 Å². The van der Waals surface area contributed by atoms with E-state index in [4.69, 9.17) is 4.98 Å². The molecule has 29 heavy (non-hydrogen) atoms. The zero-order valence-electron chi connectivity index (χ0n) is 15.6. The maximum atomic E-state index is 14.6. The summed E-state index contributed by atoms with van der Waals surface area (Å²) in [6.45, 7) is 0. The summed E-state index contributed by atoms with van der Waals surface area (Å²) >= 11 is 1.66. The second-order valence-electron chi connectivity index (χ2n) is 6.82. The molecule has 1 aromatic heterocycles. The third kappa shape index (κ3) is 3.23. The molecule has 0 saturated heterocycles. The summed E-state index contributed by atoms with van der Waals surface area (Å²) in [5, 5.41) is 3.45. The number of hydrogen-bond acceptors (Lipinski definition) is 3. The molecular formula is C25H18NOPS. The fourth-order valence-corrected chi connectivity index (χ4v) is 7.21. The smallest absolute Gasteiger partial charge is 0.171 e. The Kier molecular flexibility index (Phi) is 4.63. The van der Waals surface area contributed by atoms with Crippen LogP contribution in [-0.4, -0.2) is 4.98 Å². The minimum Gasteiger partial charge on any atom is -0.309 e. The van der Waals surface area contributed by atoms with E-state index in [1.54, 1.807) is 11.3 Å². The lowest BCUT2D eigenvalue weighted by molar-refractivity contribution is 0.592. The molecule has 0 aliphatic rings. The predicted octanol–water partition coefficient (Wildman–Crippen LogP) is 5.60. The maximum absolute atomic E-state index is 14.6. The minimum absolute atomic E-state index is 0.826. The van der Waals surface area contributed by atoms with Gasteiger partial charge in [-0.1, -0.05) is 91.0 Å². The molecule has 0 N–H and O–H groups in total. The Hall–Kier alpha value is -3.00. The van der Waals surface area contributed by atoms with E-state index in [1.165, 1.54) is 0 Å². The Morgan fingerprint density at radius 3 is 1.86 bits per heavy atom. The maximum Gasteiger partial charge on any atom is 0.171 e. The van der Waals surface area contributed by atoms with Crippen molar-refractivity contribution in [3.8, 4) is 10.6 Å². The van der Waals surface area contributed by atoms with E-state index in [0.717, 1.165) is 36.7 Å². The van der Waals surface area contributed by atoms with Gasteiger partial charge in [0.2, 0.25) is 0 Å². The highest BCUT2D eigenvalue weighted by molar-refractivity contribution is 7.85. The third-order valence-electron chi connectivity index (χ3n) is 4.99. The van der Waals surface area contributed by atoms with Gasteiger partial charge in [0.15, 0.2) is 7.14 Å². The minimum atomic E-state index is -2.98. The largest absolute Gasteiger partial charge is 0.309 e. The van der Waals surface area contributed by atoms with Gasteiger partial charge in [-0.25, -0.2) is 4.98 Å². The zero-order chi connectivity index (χ0) is 19.7. The van der Waals surface area contributed by atoms with Gasteiger partial charge in [-0.05, 0) is 18.2 Å². The number of fused-ring (bicyclic) bond motifs is 1. The Labute approximate surface area is 173 Å². The fraction of sp³-hybridized carbons (Fsp3) is 0. The van der Waals surface area contributed by atoms with E-state index < -0.39 is 7.14 Å². The molecule has 0 amide bonds. The van der Waals surface area contributed by atoms with Crippen molar-refractivity contribution in [1.82, 2.24) is 4.98 Å². The van der Waals surface area contributed by atoms with Crippen molar-refractivity contribution in [2.45, 2.75) is 0 Å². The first-order valence-corrected chi connectivity index (χ1v) is 12.0. The van der Waals surface area contributed by atoms with Crippen LogP contribution < -0.4 is 15.9 Å². The summed E-state index contributed by atoms with van der Waals surface area (Å²) < 4.78 is 15.7. The van der Waals surface area contributed by atoms with Gasteiger partial charge in [-0.15, -0.1) is 11.3 Å². The Morgan fingerprint density at radius 1 is 0.621 bits per heavy atom. The van der Waals surface area contributed by atoms with Crippen molar-refractivity contribution in [3.63, 3.8) is 0 Å². The van der Waals surface area contributed by atoms with Crippen LogP contribution in [0.15, 0.2) is 109 Å². The van der Waals surface area contributed by atoms with Gasteiger partial charge < -0.3 is 4.57 Å². The van der Waals surface area contributed by atoms with Crippen molar-refractivity contribution in [2.24, 2.45) is 0 Å². The molecule has 0 spiro atoms. The number of benzene rings is 4. The molecule has 4 heteroatoms. The van der Waals surface area contributed by atoms with E-state index in [9.17, 15) is 4.57 Å². The Bertz CT molecular complexity index is 1250. The standard InChI is InChI=1S/C25H18NOPS/c27-28(20-11-3-1-4-12-20,21-13-5-2-6-14-21)22-15-9-10-19(18-22)25-26-23-16-7-8-17-24(23)29-25/h1-18H. The number of aromatic nitrogens is 1. The molecule has 0 aliphatic heterocycles. The molecule has 0 saturated carbocycles. The highest BCUT2D eigenvalue weighted by atomic mass is 32.1. The highest BCUT2D eigenvalue weighted by Crippen LogP contribution is 2.43. The van der Waals surface area contributed by atoms with Crippen molar-refractivity contribution in [3.05, 3.63) is 109 Å². The summed E-state index contributed by atoms with van der Waals surface area (Å²) in [5.74, 6) is 0. The molecule has 0 fully saturated rings. The van der Waals surface area contributed by atoms with E-state index in [2.05, 4.69) is 6.07 Å². The van der Waals surface area contributed by atoms with Crippen LogP contribution in [0.1, 0.15) is 0 Å². The number of rotatable bonds is 4.